The summed E-state index contributed by atoms with van der Waals surface area (Å²) in [5.41, 5.74) is 0. The van der Waals surface area contributed by atoms with Gasteiger partial charge in [0.15, 0.2) is 5.82 Å². The normalized spacial score (nSPS) is 13.1. The molecule has 0 aliphatic rings. The van der Waals surface area contributed by atoms with E-state index >= 15 is 0 Å². The molecule has 0 saturated heterocycles. The van der Waals surface area contributed by atoms with E-state index in [1.54, 1.807) is 14.2 Å². The van der Waals surface area contributed by atoms with Crippen LogP contribution in [0.4, 0.5) is 0 Å². The minimum absolute atomic E-state index is 0.0309. The Hall–Kier alpha value is -0.720. The third-order valence-electron chi connectivity index (χ3n) is 1.55. The summed E-state index contributed by atoms with van der Waals surface area (Å²) in [5.74, 6) is 0.661. The number of methoxy groups -OCH3 is 1. The first-order valence-electron chi connectivity index (χ1n) is 4.29. The van der Waals surface area contributed by atoms with Crippen LogP contribution in [0, 0.1) is 0 Å². The molecule has 0 amide bonds. The summed E-state index contributed by atoms with van der Waals surface area (Å²) >= 11 is 5.90. The van der Waals surface area contributed by atoms with Gasteiger partial charge in [0.2, 0.25) is 0 Å². The van der Waals surface area contributed by atoms with Crippen LogP contribution < -0.4 is 5.32 Å². The monoisotopic (exact) mass is 219 g/mol. The van der Waals surface area contributed by atoms with Gasteiger partial charge in [-0.05, 0) is 5.21 Å². The van der Waals surface area contributed by atoms with Gasteiger partial charge in [-0.15, -0.1) is 21.8 Å². The first-order chi connectivity index (χ1) is 6.72. The Morgan fingerprint density at radius 1 is 1.64 bits per heavy atom. The lowest BCUT2D eigenvalue weighted by molar-refractivity contribution is 0.196. The van der Waals surface area contributed by atoms with E-state index in [0.29, 0.717) is 25.5 Å². The Balaban J connectivity index is 2.15. The number of nitrogens with zero attached hydrogens (tertiary/aromatic N) is 4. The van der Waals surface area contributed by atoms with E-state index in [4.69, 9.17) is 16.3 Å². The number of rotatable bonds is 6. The molecule has 0 bridgehead atoms. The number of alkyl halides is 1. The minimum Gasteiger partial charge on any atom is -0.383 e. The number of tetrazole rings is 1. The minimum atomic E-state index is -0.0309. The van der Waals surface area contributed by atoms with Crippen LogP contribution in [0.15, 0.2) is 0 Å². The Kier molecular flexibility index (Phi) is 4.78. The topological polar surface area (TPSA) is 64.9 Å². The number of nitrogens with one attached hydrogen (secondary N) is 1. The molecule has 7 heteroatoms. The first kappa shape index (κ1) is 11.4. The van der Waals surface area contributed by atoms with Gasteiger partial charge >= 0.3 is 0 Å². The molecule has 80 valence electrons. The lowest BCUT2D eigenvalue weighted by Gasteiger charge is -2.07. The molecule has 1 heterocycles. The summed E-state index contributed by atoms with van der Waals surface area (Å²) in [4.78, 5) is 1.42. The number of ether oxygens (including phenoxy) is 1. The largest absolute Gasteiger partial charge is 0.383 e. The van der Waals surface area contributed by atoms with Crippen molar-refractivity contribution in [1.82, 2.24) is 25.5 Å². The maximum absolute atomic E-state index is 5.90. The highest BCUT2D eigenvalue weighted by Gasteiger charge is 2.04. The smallest absolute Gasteiger partial charge is 0.188 e. The average Bonchev–Trinajstić information content (AvgIpc) is 2.52. The van der Waals surface area contributed by atoms with Gasteiger partial charge in [-0.2, -0.15) is 4.80 Å². The molecule has 0 fully saturated rings. The van der Waals surface area contributed by atoms with Crippen molar-refractivity contribution < 1.29 is 4.74 Å². The van der Waals surface area contributed by atoms with E-state index in [1.807, 2.05) is 0 Å². The summed E-state index contributed by atoms with van der Waals surface area (Å²) in [6, 6.07) is 0. The number of aromatic nitrogens is 4. The number of aryl methyl sites for hydroxylation is 1. The predicted octanol–water partition coefficient (Wildman–Crippen LogP) is -0.447. The SMILES string of the molecule is COCC(Cl)CNCc1nnn(C)n1. The van der Waals surface area contributed by atoms with Crippen molar-refractivity contribution in [2.45, 2.75) is 11.9 Å². The molecule has 1 N–H and O–H groups in total. The fourth-order valence-electron chi connectivity index (χ4n) is 0.974. The van der Waals surface area contributed by atoms with Gasteiger partial charge in [0, 0.05) is 13.7 Å². The molecule has 1 aromatic rings. The van der Waals surface area contributed by atoms with Crippen molar-refractivity contribution in [2.75, 3.05) is 20.3 Å². The second-order valence-electron chi connectivity index (χ2n) is 2.88. The Morgan fingerprint density at radius 2 is 2.43 bits per heavy atom. The third kappa shape index (κ3) is 3.99. The van der Waals surface area contributed by atoms with E-state index in [9.17, 15) is 0 Å². The van der Waals surface area contributed by atoms with Crippen LogP contribution in [0.2, 0.25) is 0 Å². The van der Waals surface area contributed by atoms with E-state index in [-0.39, 0.29) is 5.38 Å². The standard InChI is InChI=1S/C7H14ClN5O/c1-13-11-7(10-12-13)4-9-3-6(8)5-14-2/h6,9H,3-5H2,1-2H3. The Bertz CT molecular complexity index is 266. The van der Waals surface area contributed by atoms with Crippen LogP contribution in [0.3, 0.4) is 0 Å². The third-order valence-corrected chi connectivity index (χ3v) is 1.83. The lowest BCUT2D eigenvalue weighted by atomic mass is 10.4. The summed E-state index contributed by atoms with van der Waals surface area (Å²) < 4.78 is 4.89. The zero-order valence-electron chi connectivity index (χ0n) is 8.27. The number of halogens is 1. The first-order valence-corrected chi connectivity index (χ1v) is 4.72. The second-order valence-corrected chi connectivity index (χ2v) is 3.50. The van der Waals surface area contributed by atoms with Crippen LogP contribution in [0.1, 0.15) is 5.82 Å². The summed E-state index contributed by atoms with van der Waals surface area (Å²) in [7, 11) is 3.35. The van der Waals surface area contributed by atoms with Gasteiger partial charge in [0.05, 0.1) is 25.6 Å². The molecule has 0 spiro atoms. The van der Waals surface area contributed by atoms with Crippen molar-refractivity contribution in [1.29, 1.82) is 0 Å². The summed E-state index contributed by atoms with van der Waals surface area (Å²) in [6.07, 6.45) is 0. The molecule has 6 nitrogen and oxygen atoms in total. The zero-order valence-corrected chi connectivity index (χ0v) is 9.03. The number of hydrogen-bond donors (Lipinski definition) is 1. The highest BCUT2D eigenvalue weighted by molar-refractivity contribution is 6.20. The van der Waals surface area contributed by atoms with E-state index in [2.05, 4.69) is 20.7 Å². The van der Waals surface area contributed by atoms with Crippen molar-refractivity contribution in [2.24, 2.45) is 7.05 Å². The molecule has 14 heavy (non-hydrogen) atoms. The summed E-state index contributed by atoms with van der Waals surface area (Å²) in [5, 5.41) is 14.6. The maximum atomic E-state index is 5.90. The second kappa shape index (κ2) is 5.90. The van der Waals surface area contributed by atoms with Crippen LogP contribution in [0.5, 0.6) is 0 Å². The van der Waals surface area contributed by atoms with E-state index in [1.165, 1.54) is 4.80 Å². The fourth-order valence-corrected chi connectivity index (χ4v) is 1.21. The van der Waals surface area contributed by atoms with Gasteiger partial charge in [0.25, 0.3) is 0 Å². The van der Waals surface area contributed by atoms with Crippen molar-refractivity contribution in [3.63, 3.8) is 0 Å². The van der Waals surface area contributed by atoms with Crippen molar-refractivity contribution in [3.8, 4) is 0 Å². The van der Waals surface area contributed by atoms with E-state index in [0.717, 1.165) is 0 Å². The van der Waals surface area contributed by atoms with Gasteiger partial charge in [0.1, 0.15) is 0 Å². The van der Waals surface area contributed by atoms with Gasteiger partial charge in [-0.1, -0.05) is 0 Å². The van der Waals surface area contributed by atoms with Gasteiger partial charge in [-0.3, -0.25) is 0 Å². The van der Waals surface area contributed by atoms with E-state index < -0.39 is 0 Å². The van der Waals surface area contributed by atoms with Crippen molar-refractivity contribution in [3.05, 3.63) is 5.82 Å². The van der Waals surface area contributed by atoms with Crippen LogP contribution in [-0.2, 0) is 18.3 Å². The average molecular weight is 220 g/mol. The van der Waals surface area contributed by atoms with Gasteiger partial charge < -0.3 is 10.1 Å². The maximum Gasteiger partial charge on any atom is 0.188 e. The highest BCUT2D eigenvalue weighted by atomic mass is 35.5. The molecule has 0 aliphatic carbocycles. The number of hydrogen-bond acceptors (Lipinski definition) is 5. The lowest BCUT2D eigenvalue weighted by Crippen LogP contribution is -2.26. The molecule has 1 rings (SSSR count). The molecule has 0 aromatic carbocycles. The Morgan fingerprint density at radius 3 is 3.00 bits per heavy atom. The van der Waals surface area contributed by atoms with Crippen LogP contribution >= 0.6 is 11.6 Å². The molecule has 1 unspecified atom stereocenters. The van der Waals surface area contributed by atoms with Crippen molar-refractivity contribution >= 4 is 11.6 Å². The Labute approximate surface area is 87.6 Å². The predicted molar refractivity (Wildman–Crippen MR) is 52.0 cm³/mol. The zero-order chi connectivity index (χ0) is 10.4. The summed E-state index contributed by atoms with van der Waals surface area (Å²) in [6.45, 7) is 1.76. The molecule has 0 aliphatic heterocycles. The molecule has 0 saturated carbocycles. The molecular weight excluding hydrogens is 206 g/mol. The highest BCUT2D eigenvalue weighted by Crippen LogP contribution is 1.94. The molecule has 1 atom stereocenters. The van der Waals surface area contributed by atoms with Gasteiger partial charge in [-0.25, -0.2) is 0 Å². The molecule has 1 aromatic heterocycles. The quantitative estimate of drug-likeness (QED) is 0.657. The fraction of sp³-hybridized carbons (Fsp3) is 0.857. The molecular formula is C7H14ClN5O. The van der Waals surface area contributed by atoms with Crippen LogP contribution in [0.25, 0.3) is 0 Å². The van der Waals surface area contributed by atoms with Crippen LogP contribution in [-0.4, -0.2) is 45.8 Å². The molecule has 0 radical (unpaired) electrons.